The molecule has 0 amide bonds. The molecule has 0 atom stereocenters. The second-order valence-corrected chi connectivity index (χ2v) is 24.3. The number of hydrogen-bond acceptors (Lipinski definition) is 30. The van der Waals surface area contributed by atoms with Crippen LogP contribution in [0.25, 0.3) is 0 Å². The van der Waals surface area contributed by atoms with E-state index in [9.17, 15) is 0 Å². The molecular weight excluding hydrogens is 2130 g/mol. The summed E-state index contributed by atoms with van der Waals surface area (Å²) >= 11 is 0. The average molecular weight is 2220 g/mol. The Labute approximate surface area is 649 Å². The van der Waals surface area contributed by atoms with Gasteiger partial charge in [-0.05, 0) is 57.9 Å². The Hall–Kier alpha value is -1.96. The predicted octanol–water partition coefficient (Wildman–Crippen LogP) is 0.566. The van der Waals surface area contributed by atoms with Crippen molar-refractivity contribution in [3.05, 3.63) is 33.3 Å². The van der Waals surface area contributed by atoms with Gasteiger partial charge in [0, 0.05) is 0 Å². The van der Waals surface area contributed by atoms with E-state index in [0.29, 0.717) is 70.7 Å². The summed E-state index contributed by atoms with van der Waals surface area (Å²) in [6, 6.07) is 0.439. The molecule has 10 rings (SSSR count). The molecule has 5 aromatic rings. The molecule has 50 heteroatoms. The second kappa shape index (κ2) is 46.6. The van der Waals surface area contributed by atoms with Crippen LogP contribution in [0.5, 0.6) is 0 Å². The summed E-state index contributed by atoms with van der Waals surface area (Å²) in [6.45, 7) is 52.3. The van der Waals surface area contributed by atoms with Crippen molar-refractivity contribution in [3.63, 3.8) is 0 Å². The van der Waals surface area contributed by atoms with E-state index < -0.39 is 0 Å². The van der Waals surface area contributed by atoms with Crippen molar-refractivity contribution in [2.24, 2.45) is 0 Å². The molecule has 5 aromatic heterocycles. The molecule has 0 radical (unpaired) electrons. The number of tetrazole rings is 5. The maximum Gasteiger partial charge on any atom is 2.00 e. The number of nitrogens with zero attached hydrogens (tertiary/aromatic N) is 35. The molecule has 0 spiro atoms. The molecule has 536 valence electrons. The van der Waals surface area contributed by atoms with Crippen LogP contribution in [0.15, 0.2) is 0 Å². The summed E-state index contributed by atoms with van der Waals surface area (Å²) in [7, 11) is 10.3. The van der Waals surface area contributed by atoms with Gasteiger partial charge < -0.3 is 71.7 Å². The van der Waals surface area contributed by atoms with Crippen molar-refractivity contribution in [2.45, 2.75) is 180 Å². The van der Waals surface area contributed by atoms with Crippen LogP contribution in [0.2, 0.25) is 68.2 Å². The van der Waals surface area contributed by atoms with Gasteiger partial charge in [0.05, 0.1) is 29.7 Å². The van der Waals surface area contributed by atoms with Gasteiger partial charge in [0.2, 0.25) is 34.9 Å². The average Bonchev–Trinajstić information content (AvgIpc) is 1.37. The van der Waals surface area contributed by atoms with Gasteiger partial charge in [0.15, 0.2) is 0 Å². The Morgan fingerprint density at radius 2 is 0.542 bits per heavy atom. The monoisotopic (exact) mass is 2220 g/mol. The number of hydrogen-bond donors (Lipinski definition) is 0. The predicted molar refractivity (Wildman–Crippen MR) is 367 cm³/mol. The minimum absolute atomic E-state index is 0. The first kappa shape index (κ1) is 92.1. The summed E-state index contributed by atoms with van der Waals surface area (Å²) in [4.78, 5) is 20.8. The number of unbranched alkanes of at least 4 members (excludes halogenated alkanes) is 6. The molecule has 5 aliphatic rings. The van der Waals surface area contributed by atoms with Crippen LogP contribution in [-0.2, 0) is 105 Å². The number of aromatic nitrogens is 20. The fraction of sp³-hybridized carbons (Fsp3) is 0.783. The first-order valence-electron chi connectivity index (χ1n) is 32.6. The van der Waals surface area contributed by atoms with Crippen LogP contribution < -0.4 is 49.5 Å². The molecule has 35 nitrogen and oxygen atoms in total. The van der Waals surface area contributed by atoms with Crippen molar-refractivity contribution in [3.8, 4) is 0 Å². The molecule has 5 fully saturated rings. The Balaban J connectivity index is 0.000000593. The molecule has 5 aliphatic heterocycles. The van der Waals surface area contributed by atoms with Crippen LogP contribution in [0, 0.1) is 33.3 Å². The van der Waals surface area contributed by atoms with E-state index in [0.717, 1.165) is 32.6 Å². The largest absolute Gasteiger partial charge is 2.00 e. The van der Waals surface area contributed by atoms with E-state index in [1.807, 2.05) is 64.4 Å². The van der Waals surface area contributed by atoms with Gasteiger partial charge in [-0.15, -0.1) is 26.1 Å². The molecule has 5 saturated heterocycles. The van der Waals surface area contributed by atoms with Crippen molar-refractivity contribution in [1.82, 2.24) is 151 Å². The van der Waals surface area contributed by atoms with Crippen LogP contribution in [0.4, 0.5) is 29.7 Å². The normalized spacial score (nSPS) is 17.8. The summed E-state index contributed by atoms with van der Waals surface area (Å²) in [5.74, 6) is 2.78. The number of rotatable bonds is 20. The summed E-state index contributed by atoms with van der Waals surface area (Å²) in [6.07, 6.45) is 12.3. The van der Waals surface area contributed by atoms with E-state index in [2.05, 4.69) is 289 Å². The number of anilines is 5. The third-order valence-corrected chi connectivity index (χ3v) is 18.0. The molecule has 0 bridgehead atoms. The molecule has 0 N–H and O–H groups in total. The van der Waals surface area contributed by atoms with Crippen molar-refractivity contribution >= 4 is 99.6 Å². The van der Waals surface area contributed by atoms with E-state index >= 15 is 0 Å². The molecule has 96 heavy (non-hydrogen) atoms. The zero-order chi connectivity index (χ0) is 66.5. The molecule has 0 unspecified atom stereocenters. The van der Waals surface area contributed by atoms with E-state index in [4.69, 9.17) is 0 Å². The quantitative estimate of drug-likeness (QED) is 0.0584. The molecule has 10 heterocycles. The van der Waals surface area contributed by atoms with E-state index in [1.165, 1.54) is 57.8 Å². The smallest absolute Gasteiger partial charge is 0.564 e. The fourth-order valence-corrected chi connectivity index (χ4v) is 12.0. The zero-order valence-corrected chi connectivity index (χ0v) is 71.2. The maximum absolute atomic E-state index is 3.96. The van der Waals surface area contributed by atoms with Crippen LogP contribution in [0.3, 0.4) is 0 Å². The SMILES string of the molecule is CB1N(C)[CH-]N(c2nnn[n-]2)B(C)N1C(C)C.CCCCCCN1B(C)N(C)[CH-]N(c2nnn[n-]2)B1C.CCCCCN1B(C)N(C)[CH-]N(c2nnn[n-]2)B1C.CCCCN1B(C)N(C)[CH-]N(c2nnn[n-]2)B1C.CCCN1B(C)N(C)[CH-]N(c2nnn[n-]2)B1C.[Pt+2].[Pt+2].[Pt+2].[Pt+2].[Pt+2]. The minimum Gasteiger partial charge on any atom is -0.564 e. The zero-order valence-electron chi connectivity index (χ0n) is 59.9. The molecule has 0 aliphatic carbocycles. The van der Waals surface area contributed by atoms with Gasteiger partial charge in [0.1, 0.15) is 0 Å². The third-order valence-electron chi connectivity index (χ3n) is 18.0. The van der Waals surface area contributed by atoms with Crippen LogP contribution >= 0.6 is 0 Å². The summed E-state index contributed by atoms with van der Waals surface area (Å²) < 4.78 is 12.1. The maximum atomic E-state index is 3.96. The van der Waals surface area contributed by atoms with Gasteiger partial charge in [-0.3, -0.25) is 25.5 Å². The third kappa shape index (κ3) is 24.9. The van der Waals surface area contributed by atoms with E-state index in [1.54, 1.807) is 0 Å². The molecule has 0 aromatic carbocycles. The van der Waals surface area contributed by atoms with Crippen molar-refractivity contribution < 1.29 is 105 Å². The van der Waals surface area contributed by atoms with Gasteiger partial charge in [-0.1, -0.05) is 184 Å². The van der Waals surface area contributed by atoms with Crippen molar-refractivity contribution in [1.29, 1.82) is 0 Å². The minimum atomic E-state index is 0. The second-order valence-electron chi connectivity index (χ2n) is 24.3. The van der Waals surface area contributed by atoms with Gasteiger partial charge in [-0.2, -0.15) is 26.1 Å². The van der Waals surface area contributed by atoms with Gasteiger partial charge in [-0.25, -0.2) is 58.8 Å². The topological polar surface area (TPSA) is 312 Å². The van der Waals surface area contributed by atoms with E-state index in [-0.39, 0.29) is 140 Å². The standard InChI is InChI=1S/C11H23B2N7.C10H21B2N7.C9H19B2N7.2C8H17B2N7.5Pt/c1-5-6-7-8-9-20-12(2)18(4)10-19(13(20)3)11-14-16-17-15-11;1-5-6-7-8-19-11(2)17(4)9-18(12(19)3)10-13-15-16-14-10;1-5-6-7-18-10(2)16(4)8-17(11(18)3)9-12-14-15-13-9;1-7(2)17-9(3)15(5)6-16(10(17)4)8-11-13-14-12-8;1-5-6-17-9(2)15(4)7-16(10(17)3)8-11-13-14-12-8;;;;;/h10H,5-9H2,1-4H3;9H,5-8H2,1-4H3;8H,5-7H2,1-4H3;6-7H,1-5H3;7H,5-6H2,1-4H3;;;;;/q5*-2;5*+2. The summed E-state index contributed by atoms with van der Waals surface area (Å²) in [5, 5.41) is 74.9. The first-order valence-corrected chi connectivity index (χ1v) is 32.6. The van der Waals surface area contributed by atoms with Crippen LogP contribution in [0.1, 0.15) is 106 Å². The molecular formula is C46H97B10N35Pt5. The first-order chi connectivity index (χ1) is 43.6. The fourth-order valence-electron chi connectivity index (χ4n) is 12.0. The summed E-state index contributed by atoms with van der Waals surface area (Å²) in [5.41, 5.74) is 0. The van der Waals surface area contributed by atoms with Crippen LogP contribution in [-0.4, -0.2) is 263 Å². The Bertz CT molecular complexity index is 2680. The Kier molecular flexibility index (Phi) is 44.7. The Morgan fingerprint density at radius 3 is 0.792 bits per heavy atom. The molecule has 0 saturated carbocycles. The van der Waals surface area contributed by atoms with Gasteiger partial charge in [0.25, 0.3) is 34.9 Å². The van der Waals surface area contributed by atoms with Crippen molar-refractivity contribution in [2.75, 3.05) is 85.5 Å². The van der Waals surface area contributed by atoms with Gasteiger partial charge >= 0.3 is 105 Å². The Morgan fingerprint density at radius 1 is 0.302 bits per heavy atom.